The lowest BCUT2D eigenvalue weighted by Gasteiger charge is -2.15. The number of hydrogen-bond donors (Lipinski definition) is 0. The fourth-order valence-corrected chi connectivity index (χ4v) is 7.92. The van der Waals surface area contributed by atoms with Crippen LogP contribution >= 0.6 is 0 Å². The molecule has 0 amide bonds. The number of aromatic nitrogens is 4. The topological polar surface area (TPSA) is 48.8 Å². The fourth-order valence-electron chi connectivity index (χ4n) is 7.92. The monoisotopic (exact) mass is 652 g/mol. The fraction of sp³-hybridized carbons (Fsp3) is 0. The molecule has 5 heteroatoms. The normalized spacial score (nSPS) is 11.9. The Balaban J connectivity index is 1.16. The lowest BCUT2D eigenvalue weighted by Crippen LogP contribution is -2.00. The van der Waals surface area contributed by atoms with Crippen LogP contribution in [0.4, 0.5) is 0 Å². The van der Waals surface area contributed by atoms with Crippen molar-refractivity contribution < 1.29 is 4.42 Å². The summed E-state index contributed by atoms with van der Waals surface area (Å²) in [5.74, 6) is 0.643. The van der Waals surface area contributed by atoms with Gasteiger partial charge < -0.3 is 13.6 Å². The Morgan fingerprint density at radius 3 is 1.63 bits per heavy atom. The largest absolute Gasteiger partial charge is 0.453 e. The molecule has 0 N–H and O–H groups in total. The molecule has 0 bridgehead atoms. The summed E-state index contributed by atoms with van der Waals surface area (Å²) in [5, 5.41) is 5.82. The SMILES string of the molecule is c1ccc(-c2ccc(-c3ncc4oc5ccc(-n6c7ccccc7c7ccccc76)cc5c4n3)c(-n3c4ccccc4c4ccccc43)c2)cc1. The van der Waals surface area contributed by atoms with E-state index < -0.39 is 0 Å². The second kappa shape index (κ2) is 10.8. The highest BCUT2D eigenvalue weighted by Gasteiger charge is 2.20. The molecule has 11 rings (SSSR count). The highest BCUT2D eigenvalue weighted by molar-refractivity contribution is 6.11. The molecule has 0 aliphatic carbocycles. The lowest BCUT2D eigenvalue weighted by molar-refractivity contribution is 0.666. The van der Waals surface area contributed by atoms with E-state index in [1.165, 1.54) is 21.5 Å². The van der Waals surface area contributed by atoms with E-state index in [4.69, 9.17) is 14.4 Å². The molecule has 0 spiro atoms. The van der Waals surface area contributed by atoms with Gasteiger partial charge in [0.15, 0.2) is 11.4 Å². The second-order valence-corrected chi connectivity index (χ2v) is 13.0. The van der Waals surface area contributed by atoms with Crippen LogP contribution in [0.15, 0.2) is 174 Å². The number of rotatable bonds is 4. The zero-order chi connectivity index (χ0) is 33.5. The minimum atomic E-state index is 0.643. The van der Waals surface area contributed by atoms with Crippen molar-refractivity contribution in [3.63, 3.8) is 0 Å². The molecule has 0 fully saturated rings. The van der Waals surface area contributed by atoms with Crippen LogP contribution in [0.2, 0.25) is 0 Å². The van der Waals surface area contributed by atoms with Crippen molar-refractivity contribution in [1.29, 1.82) is 0 Å². The van der Waals surface area contributed by atoms with Crippen LogP contribution < -0.4 is 0 Å². The van der Waals surface area contributed by atoms with E-state index in [0.717, 1.165) is 66.6 Å². The van der Waals surface area contributed by atoms with Gasteiger partial charge in [0.1, 0.15) is 11.1 Å². The highest BCUT2D eigenvalue weighted by Crippen LogP contribution is 2.39. The van der Waals surface area contributed by atoms with Gasteiger partial charge in [-0.3, -0.25) is 0 Å². The Bertz CT molecular complexity index is 3040. The number of hydrogen-bond acceptors (Lipinski definition) is 3. The minimum Gasteiger partial charge on any atom is -0.453 e. The van der Waals surface area contributed by atoms with Crippen LogP contribution in [0.1, 0.15) is 0 Å². The second-order valence-electron chi connectivity index (χ2n) is 13.0. The number of fused-ring (bicyclic) bond motifs is 9. The average molecular weight is 653 g/mol. The average Bonchev–Trinajstić information content (AvgIpc) is 3.85. The van der Waals surface area contributed by atoms with E-state index in [0.29, 0.717) is 11.4 Å². The summed E-state index contributed by atoms with van der Waals surface area (Å²) in [7, 11) is 0. The predicted molar refractivity (Wildman–Crippen MR) is 209 cm³/mol. The standard InChI is InChI=1S/C46H28N4O/c1-2-12-29(13-3-1)30-22-24-36(42(26-30)50-40-20-10-6-16-34(40)35-17-7-11-21-41(35)50)46-47-28-44-45(48-46)37-27-31(23-25-43(37)51-44)49-38-18-8-4-14-32(38)33-15-5-9-19-39(33)49/h1-28H. The summed E-state index contributed by atoms with van der Waals surface area (Å²) in [4.78, 5) is 10.2. The highest BCUT2D eigenvalue weighted by atomic mass is 16.3. The van der Waals surface area contributed by atoms with Gasteiger partial charge in [-0.2, -0.15) is 0 Å². The first-order valence-corrected chi connectivity index (χ1v) is 17.2. The Morgan fingerprint density at radius 2 is 1.00 bits per heavy atom. The number of para-hydroxylation sites is 4. The van der Waals surface area contributed by atoms with Gasteiger partial charge >= 0.3 is 0 Å². The molecule has 0 aliphatic heterocycles. The van der Waals surface area contributed by atoms with Crippen LogP contribution in [0.25, 0.3) is 99.6 Å². The van der Waals surface area contributed by atoms with Crippen LogP contribution in [0.5, 0.6) is 0 Å². The summed E-state index contributed by atoms with van der Waals surface area (Å²) in [6, 6.07) is 57.8. The zero-order valence-corrected chi connectivity index (χ0v) is 27.4. The quantitative estimate of drug-likeness (QED) is 0.190. The van der Waals surface area contributed by atoms with Crippen molar-refractivity contribution in [3.05, 3.63) is 170 Å². The van der Waals surface area contributed by atoms with Crippen molar-refractivity contribution in [2.75, 3.05) is 0 Å². The molecule has 4 heterocycles. The Kier molecular flexibility index (Phi) is 5.89. The van der Waals surface area contributed by atoms with Crippen molar-refractivity contribution in [2.24, 2.45) is 0 Å². The van der Waals surface area contributed by atoms with Gasteiger partial charge in [-0.1, -0.05) is 109 Å². The van der Waals surface area contributed by atoms with E-state index >= 15 is 0 Å². The van der Waals surface area contributed by atoms with Crippen LogP contribution in [-0.2, 0) is 0 Å². The maximum Gasteiger partial charge on any atom is 0.172 e. The first-order chi connectivity index (χ1) is 25.3. The predicted octanol–water partition coefficient (Wildman–Crippen LogP) is 11.9. The molecule has 0 saturated heterocycles. The maximum atomic E-state index is 6.35. The summed E-state index contributed by atoms with van der Waals surface area (Å²) in [6.07, 6.45) is 1.82. The molecule has 5 nitrogen and oxygen atoms in total. The molecule has 238 valence electrons. The molecule has 0 unspecified atom stereocenters. The van der Waals surface area contributed by atoms with Crippen molar-refractivity contribution in [2.45, 2.75) is 0 Å². The van der Waals surface area contributed by atoms with Gasteiger partial charge in [0.25, 0.3) is 0 Å². The molecule has 51 heavy (non-hydrogen) atoms. The van der Waals surface area contributed by atoms with E-state index in [2.05, 4.69) is 167 Å². The lowest BCUT2D eigenvalue weighted by atomic mass is 10.0. The molecule has 11 aromatic rings. The Labute approximate surface area is 292 Å². The molecule has 4 aromatic heterocycles. The van der Waals surface area contributed by atoms with E-state index in [-0.39, 0.29) is 0 Å². The molecule has 7 aromatic carbocycles. The maximum absolute atomic E-state index is 6.35. The van der Waals surface area contributed by atoms with Crippen molar-refractivity contribution in [1.82, 2.24) is 19.1 Å². The first-order valence-electron chi connectivity index (χ1n) is 17.2. The van der Waals surface area contributed by atoms with E-state index in [1.54, 1.807) is 0 Å². The smallest absolute Gasteiger partial charge is 0.172 e. The zero-order valence-electron chi connectivity index (χ0n) is 27.4. The summed E-state index contributed by atoms with van der Waals surface area (Å²) in [5.41, 5.74) is 12.1. The van der Waals surface area contributed by atoms with Crippen LogP contribution in [0.3, 0.4) is 0 Å². The number of furan rings is 1. The van der Waals surface area contributed by atoms with E-state index in [1.807, 2.05) is 12.3 Å². The van der Waals surface area contributed by atoms with Crippen LogP contribution in [0, 0.1) is 0 Å². The third-order valence-electron chi connectivity index (χ3n) is 10.2. The van der Waals surface area contributed by atoms with Gasteiger partial charge in [-0.15, -0.1) is 0 Å². The molecule has 0 saturated carbocycles. The minimum absolute atomic E-state index is 0.643. The van der Waals surface area contributed by atoms with Gasteiger partial charge in [0.05, 0.1) is 34.0 Å². The summed E-state index contributed by atoms with van der Waals surface area (Å²) in [6.45, 7) is 0. The van der Waals surface area contributed by atoms with Crippen molar-refractivity contribution in [3.8, 4) is 33.9 Å². The molecule has 0 radical (unpaired) electrons. The van der Waals surface area contributed by atoms with Crippen LogP contribution in [-0.4, -0.2) is 19.1 Å². The summed E-state index contributed by atoms with van der Waals surface area (Å²) >= 11 is 0. The third kappa shape index (κ3) is 4.15. The molecular formula is C46H28N4O. The third-order valence-corrected chi connectivity index (χ3v) is 10.2. The Hall–Kier alpha value is -6.98. The number of benzene rings is 7. The van der Waals surface area contributed by atoms with Gasteiger partial charge in [0.2, 0.25) is 0 Å². The van der Waals surface area contributed by atoms with Gasteiger partial charge in [-0.25, -0.2) is 9.97 Å². The van der Waals surface area contributed by atoms with Crippen molar-refractivity contribution >= 4 is 65.7 Å². The van der Waals surface area contributed by atoms with Gasteiger partial charge in [-0.05, 0) is 65.7 Å². The summed E-state index contributed by atoms with van der Waals surface area (Å²) < 4.78 is 11.0. The van der Waals surface area contributed by atoms with Gasteiger partial charge in [0, 0.05) is 38.2 Å². The Morgan fingerprint density at radius 1 is 0.431 bits per heavy atom. The number of nitrogens with zero attached hydrogens (tertiary/aromatic N) is 4. The van der Waals surface area contributed by atoms with E-state index in [9.17, 15) is 0 Å². The molecule has 0 atom stereocenters. The molecule has 0 aliphatic rings. The first kappa shape index (κ1) is 27.9. The molecular weight excluding hydrogens is 625 g/mol.